The summed E-state index contributed by atoms with van der Waals surface area (Å²) in [4.78, 5) is 5.63. The number of benzene rings is 1. The molecule has 18 heavy (non-hydrogen) atoms. The van der Waals surface area contributed by atoms with Crippen molar-refractivity contribution in [2.45, 2.75) is 0 Å². The number of nitriles is 1. The zero-order chi connectivity index (χ0) is 13.1. The van der Waals surface area contributed by atoms with Crippen LogP contribution >= 0.6 is 0 Å². The third kappa shape index (κ3) is 2.09. The highest BCUT2D eigenvalue weighted by Crippen LogP contribution is 2.28. The number of nitrogens with two attached hydrogens (primary N) is 1. The predicted octanol–water partition coefficient (Wildman–Crippen LogP) is 2.44. The number of nitrogen functional groups attached to an aromatic ring is 1. The fraction of sp³-hybridized carbons (Fsp3) is 0.0769. The van der Waals surface area contributed by atoms with Crippen molar-refractivity contribution in [3.05, 3.63) is 47.9 Å². The van der Waals surface area contributed by atoms with Crippen molar-refractivity contribution in [1.29, 1.82) is 5.26 Å². The highest BCUT2D eigenvalue weighted by molar-refractivity contribution is 5.71. The van der Waals surface area contributed by atoms with Gasteiger partial charge in [-0.15, -0.1) is 0 Å². The normalized spacial score (nSPS) is 9.83. The minimum absolute atomic E-state index is 0.333. The molecule has 0 spiro atoms. The van der Waals surface area contributed by atoms with Crippen LogP contribution in [0.2, 0.25) is 0 Å². The molecule has 1 aromatic heterocycles. The quantitative estimate of drug-likeness (QED) is 0.878. The van der Waals surface area contributed by atoms with Gasteiger partial charge in [-0.25, -0.2) is 9.37 Å². The number of rotatable bonds is 2. The highest BCUT2D eigenvalue weighted by Gasteiger charge is 2.13. The smallest absolute Gasteiger partial charge is 0.156 e. The lowest BCUT2D eigenvalue weighted by Gasteiger charge is -2.20. The molecule has 0 atom stereocenters. The molecule has 1 heterocycles. The summed E-state index contributed by atoms with van der Waals surface area (Å²) in [5.41, 5.74) is 6.89. The van der Waals surface area contributed by atoms with Gasteiger partial charge in [-0.3, -0.25) is 0 Å². The van der Waals surface area contributed by atoms with Crippen LogP contribution in [0, 0.1) is 17.1 Å². The van der Waals surface area contributed by atoms with Gasteiger partial charge in [0.25, 0.3) is 0 Å². The Bertz CT molecular complexity index is 619. The third-order valence-electron chi connectivity index (χ3n) is 2.56. The third-order valence-corrected chi connectivity index (χ3v) is 2.56. The summed E-state index contributed by atoms with van der Waals surface area (Å²) in [6, 6.07) is 9.81. The zero-order valence-electron chi connectivity index (χ0n) is 9.76. The second-order valence-electron chi connectivity index (χ2n) is 3.76. The van der Waals surface area contributed by atoms with E-state index in [0.717, 1.165) is 0 Å². The Morgan fingerprint density at radius 3 is 2.72 bits per heavy atom. The lowest BCUT2D eigenvalue weighted by molar-refractivity contribution is 0.627. The lowest BCUT2D eigenvalue weighted by Crippen LogP contribution is -2.14. The van der Waals surface area contributed by atoms with Gasteiger partial charge in [-0.1, -0.05) is 12.1 Å². The van der Waals surface area contributed by atoms with E-state index in [1.807, 2.05) is 6.07 Å². The van der Waals surface area contributed by atoms with E-state index in [1.165, 1.54) is 18.3 Å². The molecule has 4 nitrogen and oxygen atoms in total. The lowest BCUT2D eigenvalue weighted by atomic mass is 10.2. The van der Waals surface area contributed by atoms with Crippen LogP contribution in [0.1, 0.15) is 5.56 Å². The van der Waals surface area contributed by atoms with Gasteiger partial charge in [0.05, 0.1) is 16.9 Å². The number of para-hydroxylation sites is 1. The Hall–Kier alpha value is -2.61. The molecule has 0 aliphatic carbocycles. The van der Waals surface area contributed by atoms with Crippen molar-refractivity contribution in [1.82, 2.24) is 4.98 Å². The Balaban J connectivity index is 2.44. The Morgan fingerprint density at radius 2 is 2.11 bits per heavy atom. The van der Waals surface area contributed by atoms with E-state index in [0.29, 0.717) is 22.8 Å². The minimum Gasteiger partial charge on any atom is -0.396 e. The van der Waals surface area contributed by atoms with Gasteiger partial charge in [-0.2, -0.15) is 5.26 Å². The molecule has 0 unspecified atom stereocenters. The van der Waals surface area contributed by atoms with E-state index in [-0.39, 0.29) is 5.82 Å². The monoisotopic (exact) mass is 242 g/mol. The average molecular weight is 242 g/mol. The van der Waals surface area contributed by atoms with Gasteiger partial charge >= 0.3 is 0 Å². The standard InChI is InChI=1S/C13H11FN4/c1-18(12-5-3-2-4-10(12)14)13-11(16)6-9(7-15)8-17-13/h2-6,8H,16H2,1H3. The van der Waals surface area contributed by atoms with E-state index < -0.39 is 0 Å². The van der Waals surface area contributed by atoms with Crippen molar-refractivity contribution in [2.24, 2.45) is 0 Å². The van der Waals surface area contributed by atoms with Crippen LogP contribution in [0.15, 0.2) is 36.5 Å². The maximum Gasteiger partial charge on any atom is 0.156 e. The van der Waals surface area contributed by atoms with Gasteiger partial charge in [0.2, 0.25) is 0 Å². The largest absolute Gasteiger partial charge is 0.396 e. The molecule has 2 aromatic rings. The summed E-state index contributed by atoms with van der Waals surface area (Å²) in [6.07, 6.45) is 1.41. The Morgan fingerprint density at radius 1 is 1.39 bits per heavy atom. The van der Waals surface area contributed by atoms with E-state index in [9.17, 15) is 4.39 Å². The minimum atomic E-state index is -0.356. The van der Waals surface area contributed by atoms with E-state index in [1.54, 1.807) is 30.1 Å². The molecule has 2 rings (SSSR count). The average Bonchev–Trinajstić information content (AvgIpc) is 2.38. The van der Waals surface area contributed by atoms with Gasteiger partial charge in [0, 0.05) is 13.2 Å². The first kappa shape index (κ1) is 11.9. The number of aromatic nitrogens is 1. The Labute approximate surface area is 104 Å². The molecule has 0 radical (unpaired) electrons. The Kier molecular flexibility index (Phi) is 3.11. The molecule has 90 valence electrons. The van der Waals surface area contributed by atoms with Crippen LogP contribution in [0.5, 0.6) is 0 Å². The second-order valence-corrected chi connectivity index (χ2v) is 3.76. The number of nitrogens with zero attached hydrogens (tertiary/aromatic N) is 3. The van der Waals surface area contributed by atoms with Crippen LogP contribution in [0.4, 0.5) is 21.6 Å². The van der Waals surface area contributed by atoms with Gasteiger partial charge in [0.15, 0.2) is 5.82 Å². The fourth-order valence-corrected chi connectivity index (χ4v) is 1.65. The zero-order valence-corrected chi connectivity index (χ0v) is 9.76. The number of hydrogen-bond donors (Lipinski definition) is 1. The van der Waals surface area contributed by atoms with Crippen molar-refractivity contribution in [3.63, 3.8) is 0 Å². The van der Waals surface area contributed by atoms with Gasteiger partial charge in [-0.05, 0) is 18.2 Å². The van der Waals surface area contributed by atoms with Crippen LogP contribution in [0.25, 0.3) is 0 Å². The molecule has 0 fully saturated rings. The summed E-state index contributed by atoms with van der Waals surface area (Å²) in [5.74, 6) is 0.0599. The first-order valence-corrected chi connectivity index (χ1v) is 5.27. The number of hydrogen-bond acceptors (Lipinski definition) is 4. The predicted molar refractivity (Wildman–Crippen MR) is 67.8 cm³/mol. The molecule has 0 bridgehead atoms. The van der Waals surface area contributed by atoms with Crippen molar-refractivity contribution in [3.8, 4) is 6.07 Å². The molecule has 1 aromatic carbocycles. The molecule has 0 aliphatic heterocycles. The fourth-order valence-electron chi connectivity index (χ4n) is 1.65. The summed E-state index contributed by atoms with van der Waals surface area (Å²) in [5, 5.41) is 8.73. The number of halogens is 1. The van der Waals surface area contributed by atoms with Gasteiger partial charge in [0.1, 0.15) is 11.9 Å². The summed E-state index contributed by atoms with van der Waals surface area (Å²) >= 11 is 0. The van der Waals surface area contributed by atoms with Crippen LogP contribution in [-0.2, 0) is 0 Å². The molecular formula is C13H11FN4. The maximum atomic E-state index is 13.6. The molecule has 5 heteroatoms. The van der Waals surface area contributed by atoms with E-state index in [4.69, 9.17) is 11.0 Å². The first-order valence-electron chi connectivity index (χ1n) is 5.27. The summed E-state index contributed by atoms with van der Waals surface area (Å²) in [7, 11) is 1.67. The van der Waals surface area contributed by atoms with Crippen LogP contribution < -0.4 is 10.6 Å². The molecule has 0 saturated heterocycles. The number of anilines is 3. The van der Waals surface area contributed by atoms with Crippen LogP contribution in [-0.4, -0.2) is 12.0 Å². The van der Waals surface area contributed by atoms with Crippen LogP contribution in [0.3, 0.4) is 0 Å². The molecular weight excluding hydrogens is 231 g/mol. The summed E-state index contributed by atoms with van der Waals surface area (Å²) in [6.45, 7) is 0. The van der Waals surface area contributed by atoms with Crippen molar-refractivity contribution >= 4 is 17.2 Å². The maximum absolute atomic E-state index is 13.6. The molecule has 0 aliphatic rings. The van der Waals surface area contributed by atoms with Gasteiger partial charge < -0.3 is 10.6 Å². The van der Waals surface area contributed by atoms with Crippen molar-refractivity contribution in [2.75, 3.05) is 17.7 Å². The summed E-state index contributed by atoms with van der Waals surface area (Å²) < 4.78 is 13.6. The van der Waals surface area contributed by atoms with E-state index >= 15 is 0 Å². The molecule has 2 N–H and O–H groups in total. The highest BCUT2D eigenvalue weighted by atomic mass is 19.1. The molecule has 0 saturated carbocycles. The SMILES string of the molecule is CN(c1ccccc1F)c1ncc(C#N)cc1N. The second kappa shape index (κ2) is 4.72. The first-order chi connectivity index (χ1) is 8.63. The van der Waals surface area contributed by atoms with E-state index in [2.05, 4.69) is 4.98 Å². The van der Waals surface area contributed by atoms with Crippen molar-refractivity contribution < 1.29 is 4.39 Å². The topological polar surface area (TPSA) is 65.9 Å². The molecule has 0 amide bonds. The number of pyridine rings is 1.